The number of aliphatic hydroxyl groups excluding tert-OH is 1. The summed E-state index contributed by atoms with van der Waals surface area (Å²) in [5, 5.41) is 13.0. The van der Waals surface area contributed by atoms with Gasteiger partial charge >= 0.3 is 0 Å². The van der Waals surface area contributed by atoms with E-state index >= 15 is 0 Å². The number of ether oxygens (including phenoxy) is 1. The highest BCUT2D eigenvalue weighted by atomic mass is 127. The van der Waals surface area contributed by atoms with Crippen molar-refractivity contribution in [2.75, 3.05) is 46.9 Å². The molecule has 1 aliphatic heterocycles. The van der Waals surface area contributed by atoms with Gasteiger partial charge in [-0.25, -0.2) is 4.99 Å². The lowest BCUT2D eigenvalue weighted by atomic mass is 10.2. The van der Waals surface area contributed by atoms with Crippen molar-refractivity contribution in [1.82, 2.24) is 15.1 Å². The number of likely N-dealkylation sites (N-methyl/N-ethyl adjacent to an activating group) is 1. The summed E-state index contributed by atoms with van der Waals surface area (Å²) in [5.74, 6) is 1.75. The second kappa shape index (κ2) is 11.5. The van der Waals surface area contributed by atoms with Crippen molar-refractivity contribution < 1.29 is 9.84 Å². The number of aliphatic hydroxyl groups is 1. The van der Waals surface area contributed by atoms with Crippen LogP contribution in [-0.4, -0.2) is 73.9 Å². The van der Waals surface area contributed by atoms with E-state index in [2.05, 4.69) is 28.1 Å². The summed E-state index contributed by atoms with van der Waals surface area (Å²) in [6.45, 7) is 6.54. The highest BCUT2D eigenvalue weighted by molar-refractivity contribution is 14.0. The average Bonchev–Trinajstić information content (AvgIpc) is 2.98. The predicted molar refractivity (Wildman–Crippen MR) is 113 cm³/mol. The smallest absolute Gasteiger partial charge is 0.194 e. The maximum absolute atomic E-state index is 9.72. The number of guanidine groups is 1. The van der Waals surface area contributed by atoms with Gasteiger partial charge in [-0.05, 0) is 45.1 Å². The lowest BCUT2D eigenvalue weighted by Gasteiger charge is -2.21. The number of aliphatic imine (C=N–C) groups is 1. The van der Waals surface area contributed by atoms with E-state index in [0.29, 0.717) is 19.7 Å². The van der Waals surface area contributed by atoms with Gasteiger partial charge in [-0.3, -0.25) is 0 Å². The number of hydrogen-bond donors (Lipinski definition) is 2. The van der Waals surface area contributed by atoms with Crippen molar-refractivity contribution in [3.8, 4) is 5.75 Å². The Labute approximate surface area is 168 Å². The van der Waals surface area contributed by atoms with E-state index in [0.717, 1.165) is 43.3 Å². The standard InChI is InChI=1S/C18H30N4O2.HI/c1-4-19-18(22-9-8-16(23)14-22)20-13-15-6-5-7-17(12-15)24-11-10-21(2)3;/h5-7,12,16,23H,4,8-11,13-14H2,1-3H3,(H,19,20);1H/t16-;/m1./s1. The van der Waals surface area contributed by atoms with Gasteiger partial charge in [0.25, 0.3) is 0 Å². The third-order valence-electron chi connectivity index (χ3n) is 3.91. The molecule has 6 nitrogen and oxygen atoms in total. The number of likely N-dealkylation sites (tertiary alicyclic amines) is 1. The van der Waals surface area contributed by atoms with Crippen molar-refractivity contribution in [1.29, 1.82) is 0 Å². The maximum Gasteiger partial charge on any atom is 0.194 e. The van der Waals surface area contributed by atoms with E-state index in [1.165, 1.54) is 0 Å². The van der Waals surface area contributed by atoms with Crippen LogP contribution in [-0.2, 0) is 6.54 Å². The van der Waals surface area contributed by atoms with E-state index in [1.54, 1.807) is 0 Å². The lowest BCUT2D eigenvalue weighted by Crippen LogP contribution is -2.40. The van der Waals surface area contributed by atoms with Crippen LogP contribution in [0.4, 0.5) is 0 Å². The fourth-order valence-electron chi connectivity index (χ4n) is 2.61. The van der Waals surface area contributed by atoms with Crippen molar-refractivity contribution in [2.24, 2.45) is 4.99 Å². The number of nitrogens with one attached hydrogen (secondary N) is 1. The highest BCUT2D eigenvalue weighted by Gasteiger charge is 2.22. The molecule has 0 bridgehead atoms. The molecule has 0 unspecified atom stereocenters. The molecular weight excluding hydrogens is 431 g/mol. The monoisotopic (exact) mass is 462 g/mol. The maximum atomic E-state index is 9.72. The molecule has 1 heterocycles. The summed E-state index contributed by atoms with van der Waals surface area (Å²) in [6.07, 6.45) is 0.557. The molecule has 1 aliphatic rings. The molecule has 1 saturated heterocycles. The quantitative estimate of drug-likeness (QED) is 0.368. The van der Waals surface area contributed by atoms with Crippen molar-refractivity contribution in [2.45, 2.75) is 26.0 Å². The Hall–Kier alpha value is -1.06. The number of hydrogen-bond acceptors (Lipinski definition) is 4. The van der Waals surface area contributed by atoms with Crippen LogP contribution in [0, 0.1) is 0 Å². The van der Waals surface area contributed by atoms with Gasteiger partial charge in [-0.15, -0.1) is 24.0 Å². The van der Waals surface area contributed by atoms with E-state index in [1.807, 2.05) is 32.3 Å². The topological polar surface area (TPSA) is 60.3 Å². The molecule has 1 atom stereocenters. The Kier molecular flexibility index (Phi) is 10.1. The minimum atomic E-state index is -0.248. The summed E-state index contributed by atoms with van der Waals surface area (Å²) in [6, 6.07) is 8.08. The van der Waals surface area contributed by atoms with E-state index in [9.17, 15) is 5.11 Å². The normalized spacial score (nSPS) is 17.6. The lowest BCUT2D eigenvalue weighted by molar-refractivity contribution is 0.188. The molecule has 0 radical (unpaired) electrons. The zero-order chi connectivity index (χ0) is 17.4. The van der Waals surface area contributed by atoms with Crippen LogP contribution in [0.3, 0.4) is 0 Å². The van der Waals surface area contributed by atoms with Crippen molar-refractivity contribution in [3.63, 3.8) is 0 Å². The van der Waals surface area contributed by atoms with Gasteiger partial charge in [0.2, 0.25) is 0 Å². The van der Waals surface area contributed by atoms with Crippen LogP contribution < -0.4 is 10.1 Å². The van der Waals surface area contributed by atoms with E-state index in [4.69, 9.17) is 9.73 Å². The molecule has 0 aliphatic carbocycles. The Morgan fingerprint density at radius 1 is 1.44 bits per heavy atom. The van der Waals surface area contributed by atoms with Gasteiger partial charge in [-0.2, -0.15) is 0 Å². The second-order valence-corrected chi connectivity index (χ2v) is 6.36. The van der Waals surface area contributed by atoms with Crippen LogP contribution in [0.2, 0.25) is 0 Å². The van der Waals surface area contributed by atoms with Crippen LogP contribution in [0.1, 0.15) is 18.9 Å². The van der Waals surface area contributed by atoms with Crippen LogP contribution >= 0.6 is 24.0 Å². The molecule has 25 heavy (non-hydrogen) atoms. The summed E-state index contributed by atoms with van der Waals surface area (Å²) in [5.41, 5.74) is 1.12. The second-order valence-electron chi connectivity index (χ2n) is 6.36. The summed E-state index contributed by atoms with van der Waals surface area (Å²) in [4.78, 5) is 8.92. The van der Waals surface area contributed by atoms with Crippen LogP contribution in [0.25, 0.3) is 0 Å². The van der Waals surface area contributed by atoms with Gasteiger partial charge in [0.05, 0.1) is 12.6 Å². The predicted octanol–water partition coefficient (Wildman–Crippen LogP) is 1.78. The van der Waals surface area contributed by atoms with Gasteiger partial charge in [-0.1, -0.05) is 12.1 Å². The molecule has 1 aromatic rings. The fourth-order valence-corrected chi connectivity index (χ4v) is 2.61. The van der Waals surface area contributed by atoms with Crippen molar-refractivity contribution >= 4 is 29.9 Å². The zero-order valence-electron chi connectivity index (χ0n) is 15.4. The molecule has 1 aromatic carbocycles. The Morgan fingerprint density at radius 2 is 2.24 bits per heavy atom. The first kappa shape index (κ1) is 22.0. The van der Waals surface area contributed by atoms with Crippen molar-refractivity contribution in [3.05, 3.63) is 29.8 Å². The molecule has 2 N–H and O–H groups in total. The van der Waals surface area contributed by atoms with Crippen LogP contribution in [0.15, 0.2) is 29.3 Å². The fraction of sp³-hybridized carbons (Fsp3) is 0.611. The van der Waals surface area contributed by atoms with Gasteiger partial charge in [0.15, 0.2) is 5.96 Å². The third kappa shape index (κ3) is 7.79. The number of β-amino-alcohol motifs (C(OH)–C–C–N with tert-alkyl or cyclic N) is 1. The summed E-state index contributed by atoms with van der Waals surface area (Å²) < 4.78 is 5.78. The van der Waals surface area contributed by atoms with Gasteiger partial charge < -0.3 is 25.0 Å². The molecule has 2 rings (SSSR count). The molecular formula is C18H31IN4O2. The van der Waals surface area contributed by atoms with E-state index < -0.39 is 0 Å². The highest BCUT2D eigenvalue weighted by Crippen LogP contribution is 2.15. The molecule has 0 amide bonds. The summed E-state index contributed by atoms with van der Waals surface area (Å²) in [7, 11) is 4.07. The number of benzene rings is 1. The molecule has 142 valence electrons. The SMILES string of the molecule is CCNC(=NCc1cccc(OCCN(C)C)c1)N1CC[C@@H](O)C1.I. The van der Waals surface area contributed by atoms with Crippen LogP contribution in [0.5, 0.6) is 5.75 Å². The molecule has 0 spiro atoms. The summed E-state index contributed by atoms with van der Waals surface area (Å²) >= 11 is 0. The van der Waals surface area contributed by atoms with Gasteiger partial charge in [0.1, 0.15) is 12.4 Å². The molecule has 0 aromatic heterocycles. The minimum absolute atomic E-state index is 0. The first-order chi connectivity index (χ1) is 11.6. The first-order valence-corrected chi connectivity index (χ1v) is 8.66. The van der Waals surface area contributed by atoms with E-state index in [-0.39, 0.29) is 30.1 Å². The Bertz CT molecular complexity index is 540. The first-order valence-electron chi connectivity index (χ1n) is 8.66. The molecule has 7 heteroatoms. The number of halogens is 1. The zero-order valence-corrected chi connectivity index (χ0v) is 17.8. The number of nitrogens with zero attached hydrogens (tertiary/aromatic N) is 3. The Balaban J connectivity index is 0.00000312. The third-order valence-corrected chi connectivity index (χ3v) is 3.91. The largest absolute Gasteiger partial charge is 0.492 e. The molecule has 0 saturated carbocycles. The number of rotatable bonds is 7. The Morgan fingerprint density at radius 3 is 2.88 bits per heavy atom. The molecule has 1 fully saturated rings. The minimum Gasteiger partial charge on any atom is -0.492 e. The average molecular weight is 462 g/mol. The van der Waals surface area contributed by atoms with Gasteiger partial charge in [0, 0.05) is 26.2 Å².